The van der Waals surface area contributed by atoms with Crippen molar-refractivity contribution in [3.05, 3.63) is 64.6 Å². The van der Waals surface area contributed by atoms with Crippen LogP contribution in [0.4, 0.5) is 11.4 Å². The number of rotatable bonds is 11. The van der Waals surface area contributed by atoms with Crippen molar-refractivity contribution in [2.75, 3.05) is 36.5 Å². The molecule has 1 aliphatic rings. The van der Waals surface area contributed by atoms with Gasteiger partial charge in [0, 0.05) is 47.7 Å². The first-order valence-corrected chi connectivity index (χ1v) is 16.2. The van der Waals surface area contributed by atoms with Crippen molar-refractivity contribution in [3.63, 3.8) is 0 Å². The monoisotopic (exact) mass is 636 g/mol. The molecule has 0 spiro atoms. The minimum atomic E-state index is -0.935. The predicted molar refractivity (Wildman–Crippen MR) is 182 cm³/mol. The van der Waals surface area contributed by atoms with Crippen molar-refractivity contribution in [2.45, 2.75) is 93.0 Å². The van der Waals surface area contributed by atoms with Gasteiger partial charge in [-0.15, -0.1) is 0 Å². The summed E-state index contributed by atoms with van der Waals surface area (Å²) in [5.74, 6) is 0.404. The standard InChI is InChI=1S/C36H49ClN4O4/c1-23(2)44-34(42)33(45-35(5,6)7)31-25(4)39-22-28(32(31)41-17-14-36(8,9)15-18-41)29-12-11-27(21-40-29)38-16-19-43-30-13-10-26(37)20-24(30)3/h10-13,20-23,33,38H,14-19H2,1-9H3/t33-/m0/s1. The van der Waals surface area contributed by atoms with E-state index in [0.717, 1.165) is 71.1 Å². The Balaban J connectivity index is 1.65. The van der Waals surface area contributed by atoms with Crippen molar-refractivity contribution in [2.24, 2.45) is 5.41 Å². The minimum absolute atomic E-state index is 0.248. The fraction of sp³-hybridized carbons (Fsp3) is 0.528. The second-order valence-corrected chi connectivity index (χ2v) is 14.3. The number of piperidine rings is 1. The molecule has 0 saturated carbocycles. The van der Waals surface area contributed by atoms with Gasteiger partial charge in [0.2, 0.25) is 0 Å². The number of nitrogens with one attached hydrogen (secondary N) is 1. The van der Waals surface area contributed by atoms with E-state index in [0.29, 0.717) is 18.2 Å². The zero-order chi connectivity index (χ0) is 32.9. The summed E-state index contributed by atoms with van der Waals surface area (Å²) >= 11 is 6.06. The molecule has 1 atom stereocenters. The lowest BCUT2D eigenvalue weighted by molar-refractivity contribution is -0.171. The molecule has 0 radical (unpaired) electrons. The van der Waals surface area contributed by atoms with Gasteiger partial charge in [-0.3, -0.25) is 9.97 Å². The van der Waals surface area contributed by atoms with Gasteiger partial charge in [-0.1, -0.05) is 25.4 Å². The number of hydrogen-bond donors (Lipinski definition) is 1. The molecule has 3 aromatic rings. The number of anilines is 2. The molecule has 1 saturated heterocycles. The largest absolute Gasteiger partial charge is 0.491 e. The number of nitrogens with zero attached hydrogens (tertiary/aromatic N) is 3. The van der Waals surface area contributed by atoms with Gasteiger partial charge in [0.15, 0.2) is 6.10 Å². The molecule has 1 fully saturated rings. The Kier molecular flexibility index (Phi) is 11.0. The molecule has 45 heavy (non-hydrogen) atoms. The van der Waals surface area contributed by atoms with Gasteiger partial charge in [0.1, 0.15) is 12.4 Å². The van der Waals surface area contributed by atoms with E-state index in [1.54, 1.807) is 0 Å². The van der Waals surface area contributed by atoms with Crippen LogP contribution in [-0.4, -0.2) is 53.9 Å². The molecule has 0 amide bonds. The van der Waals surface area contributed by atoms with E-state index in [2.05, 4.69) is 24.1 Å². The van der Waals surface area contributed by atoms with Crippen LogP contribution in [0.25, 0.3) is 11.3 Å². The van der Waals surface area contributed by atoms with E-state index < -0.39 is 17.7 Å². The van der Waals surface area contributed by atoms with Gasteiger partial charge in [-0.05, 0) is 103 Å². The number of pyridine rings is 2. The number of aromatic nitrogens is 2. The molecule has 0 unspecified atom stereocenters. The van der Waals surface area contributed by atoms with Gasteiger partial charge in [-0.25, -0.2) is 4.79 Å². The highest BCUT2D eigenvalue weighted by molar-refractivity contribution is 6.30. The first-order valence-electron chi connectivity index (χ1n) is 15.9. The maximum atomic E-state index is 13.6. The van der Waals surface area contributed by atoms with Gasteiger partial charge < -0.3 is 24.4 Å². The van der Waals surface area contributed by atoms with Crippen LogP contribution in [0.3, 0.4) is 0 Å². The highest BCUT2D eigenvalue weighted by atomic mass is 35.5. The van der Waals surface area contributed by atoms with E-state index in [-0.39, 0.29) is 11.5 Å². The molecule has 0 aliphatic carbocycles. The summed E-state index contributed by atoms with van der Waals surface area (Å²) < 4.78 is 18.1. The lowest BCUT2D eigenvalue weighted by atomic mass is 9.82. The molecule has 2 aromatic heterocycles. The first kappa shape index (κ1) is 34.5. The molecule has 4 rings (SSSR count). The Bertz CT molecular complexity index is 1460. The fourth-order valence-electron chi connectivity index (χ4n) is 5.45. The molecule has 1 aliphatic heterocycles. The Morgan fingerprint density at radius 2 is 1.78 bits per heavy atom. The maximum absolute atomic E-state index is 13.6. The van der Waals surface area contributed by atoms with Crippen molar-refractivity contribution in [1.82, 2.24) is 9.97 Å². The SMILES string of the molecule is Cc1cc(Cl)ccc1OCCNc1ccc(-c2cnc(C)c([C@H](OC(C)(C)C)C(=O)OC(C)C)c2N2CCC(C)(C)CC2)nc1. The van der Waals surface area contributed by atoms with Crippen LogP contribution in [0.15, 0.2) is 42.7 Å². The quantitative estimate of drug-likeness (QED) is 0.166. The van der Waals surface area contributed by atoms with Crippen molar-refractivity contribution in [1.29, 1.82) is 0 Å². The Labute approximate surface area is 273 Å². The molecule has 1 N–H and O–H groups in total. The summed E-state index contributed by atoms with van der Waals surface area (Å²) in [7, 11) is 0. The third-order valence-electron chi connectivity index (χ3n) is 7.89. The number of benzene rings is 1. The Morgan fingerprint density at radius 1 is 1.07 bits per heavy atom. The van der Waals surface area contributed by atoms with Crippen LogP contribution in [0.1, 0.15) is 84.2 Å². The summed E-state index contributed by atoms with van der Waals surface area (Å²) in [5.41, 5.74) is 5.59. The smallest absolute Gasteiger partial charge is 0.340 e. The first-order chi connectivity index (χ1) is 21.1. The van der Waals surface area contributed by atoms with E-state index >= 15 is 0 Å². The third kappa shape index (κ3) is 9.33. The highest BCUT2D eigenvalue weighted by Gasteiger charge is 2.37. The average Bonchev–Trinajstić information content (AvgIpc) is 2.95. The van der Waals surface area contributed by atoms with Crippen LogP contribution in [-0.2, 0) is 14.3 Å². The number of aryl methyl sites for hydroxylation is 2. The van der Waals surface area contributed by atoms with Crippen LogP contribution >= 0.6 is 11.6 Å². The fourth-order valence-corrected chi connectivity index (χ4v) is 5.67. The molecule has 3 heterocycles. The molecule has 1 aromatic carbocycles. The highest BCUT2D eigenvalue weighted by Crippen LogP contribution is 2.43. The molecule has 244 valence electrons. The number of halogens is 1. The average molecular weight is 637 g/mol. The van der Waals surface area contributed by atoms with Crippen molar-refractivity contribution in [3.8, 4) is 17.0 Å². The topological polar surface area (TPSA) is 85.8 Å². The summed E-state index contributed by atoms with van der Waals surface area (Å²) in [4.78, 5) is 25.6. The van der Waals surface area contributed by atoms with Gasteiger partial charge in [-0.2, -0.15) is 0 Å². The van der Waals surface area contributed by atoms with Crippen molar-refractivity contribution < 1.29 is 19.0 Å². The summed E-state index contributed by atoms with van der Waals surface area (Å²) in [6.45, 7) is 20.9. The summed E-state index contributed by atoms with van der Waals surface area (Å²) in [5, 5.41) is 4.08. The number of carbonyl (C=O) groups excluding carboxylic acids is 1. The Morgan fingerprint density at radius 3 is 2.38 bits per heavy atom. The third-order valence-corrected chi connectivity index (χ3v) is 8.12. The van der Waals surface area contributed by atoms with E-state index in [1.807, 2.05) is 91.2 Å². The van der Waals surface area contributed by atoms with E-state index in [4.69, 9.17) is 35.8 Å². The Hall–Kier alpha value is -3.36. The molecular formula is C36H49ClN4O4. The zero-order valence-electron chi connectivity index (χ0n) is 28.3. The number of hydrogen-bond acceptors (Lipinski definition) is 8. The van der Waals surface area contributed by atoms with Crippen LogP contribution in [0.2, 0.25) is 5.02 Å². The predicted octanol–water partition coefficient (Wildman–Crippen LogP) is 8.34. The molecular weight excluding hydrogens is 588 g/mol. The second kappa shape index (κ2) is 14.4. The van der Waals surface area contributed by atoms with Crippen molar-refractivity contribution >= 4 is 28.9 Å². The summed E-state index contributed by atoms with van der Waals surface area (Å²) in [6, 6.07) is 9.61. The van der Waals surface area contributed by atoms with E-state index in [1.165, 1.54) is 0 Å². The lowest BCUT2D eigenvalue weighted by Gasteiger charge is -2.41. The lowest BCUT2D eigenvalue weighted by Crippen LogP contribution is -2.39. The zero-order valence-corrected chi connectivity index (χ0v) is 29.0. The minimum Gasteiger partial charge on any atom is -0.491 e. The molecule has 8 nitrogen and oxygen atoms in total. The van der Waals surface area contributed by atoms with Crippen LogP contribution in [0.5, 0.6) is 5.75 Å². The second-order valence-electron chi connectivity index (χ2n) is 13.9. The number of carbonyl (C=O) groups is 1. The molecule has 0 bridgehead atoms. The van der Waals surface area contributed by atoms with Gasteiger partial charge >= 0.3 is 5.97 Å². The van der Waals surface area contributed by atoms with Gasteiger partial charge in [0.25, 0.3) is 0 Å². The summed E-state index contributed by atoms with van der Waals surface area (Å²) in [6.07, 6.45) is 4.54. The normalized spacial score (nSPS) is 15.6. The van der Waals surface area contributed by atoms with Crippen LogP contribution < -0.4 is 15.0 Å². The number of ether oxygens (including phenoxy) is 3. The van der Waals surface area contributed by atoms with Crippen LogP contribution in [0, 0.1) is 19.3 Å². The maximum Gasteiger partial charge on any atom is 0.340 e. The van der Waals surface area contributed by atoms with Gasteiger partial charge in [0.05, 0.1) is 35.0 Å². The molecule has 9 heteroatoms. The number of esters is 1. The van der Waals surface area contributed by atoms with E-state index in [9.17, 15) is 4.79 Å².